The van der Waals surface area contributed by atoms with Crippen molar-refractivity contribution in [3.8, 4) is 0 Å². The van der Waals surface area contributed by atoms with E-state index >= 15 is 0 Å². The number of rotatable bonds is 1. The molecule has 0 aromatic heterocycles. The van der Waals surface area contributed by atoms with Gasteiger partial charge >= 0.3 is 6.09 Å². The van der Waals surface area contributed by atoms with Crippen LogP contribution in [-0.2, 0) is 4.74 Å². The third kappa shape index (κ3) is 3.01. The van der Waals surface area contributed by atoms with Crippen molar-refractivity contribution in [3.63, 3.8) is 0 Å². The highest BCUT2D eigenvalue weighted by molar-refractivity contribution is 7.80. The predicted molar refractivity (Wildman–Crippen MR) is 73.6 cm³/mol. The van der Waals surface area contributed by atoms with Crippen molar-refractivity contribution >= 4 is 24.6 Å². The zero-order valence-electron chi connectivity index (χ0n) is 10.7. The van der Waals surface area contributed by atoms with Crippen LogP contribution in [0.4, 0.5) is 4.79 Å². The van der Waals surface area contributed by atoms with E-state index in [9.17, 15) is 9.59 Å². The molecular formula is C13H16N2O3S. The molecule has 1 fully saturated rings. The third-order valence-electron chi connectivity index (χ3n) is 3.13. The molecule has 2 amide bonds. The van der Waals surface area contributed by atoms with Crippen molar-refractivity contribution in [1.82, 2.24) is 9.80 Å². The lowest BCUT2D eigenvalue weighted by molar-refractivity contribution is 0.0597. The van der Waals surface area contributed by atoms with E-state index in [1.54, 1.807) is 21.9 Å². The Bertz CT molecular complexity index is 485. The van der Waals surface area contributed by atoms with Crippen LogP contribution in [0.5, 0.6) is 0 Å². The molecule has 1 aliphatic heterocycles. The molecule has 0 saturated carbocycles. The van der Waals surface area contributed by atoms with Gasteiger partial charge in [0.15, 0.2) is 0 Å². The number of methoxy groups -OCH3 is 1. The normalized spacial score (nSPS) is 15.3. The summed E-state index contributed by atoms with van der Waals surface area (Å²) in [5, 5.41) is 0. The molecule has 1 saturated heterocycles. The number of amides is 2. The Morgan fingerprint density at radius 2 is 1.68 bits per heavy atom. The lowest BCUT2D eigenvalue weighted by Gasteiger charge is -2.34. The van der Waals surface area contributed by atoms with Crippen LogP contribution in [0.25, 0.3) is 0 Å². The van der Waals surface area contributed by atoms with Crippen LogP contribution in [-0.4, -0.2) is 55.1 Å². The second-order valence-electron chi connectivity index (χ2n) is 4.27. The Kier molecular flexibility index (Phi) is 4.31. The molecule has 0 aliphatic carbocycles. The molecule has 2 rings (SSSR count). The number of carbonyl (C=O) groups excluding carboxylic acids is 2. The van der Waals surface area contributed by atoms with Crippen LogP contribution in [0.1, 0.15) is 10.4 Å². The maximum atomic E-state index is 12.3. The Balaban J connectivity index is 2.00. The number of ether oxygens (including phenoxy) is 1. The minimum atomic E-state index is -0.346. The summed E-state index contributed by atoms with van der Waals surface area (Å²) in [6.45, 7) is 2.01. The lowest BCUT2D eigenvalue weighted by atomic mass is 10.2. The van der Waals surface area contributed by atoms with E-state index in [0.717, 1.165) is 0 Å². The molecule has 6 heteroatoms. The van der Waals surface area contributed by atoms with E-state index < -0.39 is 0 Å². The molecule has 102 valence electrons. The molecule has 0 N–H and O–H groups in total. The topological polar surface area (TPSA) is 49.9 Å². The summed E-state index contributed by atoms with van der Waals surface area (Å²) in [5.74, 6) is -0.0462. The second kappa shape index (κ2) is 5.97. The molecule has 19 heavy (non-hydrogen) atoms. The molecule has 0 unspecified atom stereocenters. The van der Waals surface area contributed by atoms with Gasteiger partial charge in [-0.15, -0.1) is 12.6 Å². The fourth-order valence-electron chi connectivity index (χ4n) is 2.05. The zero-order valence-corrected chi connectivity index (χ0v) is 11.6. The maximum absolute atomic E-state index is 12.3. The van der Waals surface area contributed by atoms with Crippen LogP contribution >= 0.6 is 12.6 Å². The average Bonchev–Trinajstić information content (AvgIpc) is 2.46. The monoisotopic (exact) mass is 280 g/mol. The smallest absolute Gasteiger partial charge is 0.409 e. The molecule has 1 aromatic rings. The van der Waals surface area contributed by atoms with Crippen molar-refractivity contribution in [2.24, 2.45) is 0 Å². The number of hydrogen-bond donors (Lipinski definition) is 1. The molecule has 0 spiro atoms. The number of nitrogens with zero attached hydrogens (tertiary/aromatic N) is 2. The molecule has 5 nitrogen and oxygen atoms in total. The first-order valence-corrected chi connectivity index (χ1v) is 6.48. The van der Waals surface area contributed by atoms with E-state index in [4.69, 9.17) is 0 Å². The van der Waals surface area contributed by atoms with E-state index in [2.05, 4.69) is 17.4 Å². The van der Waals surface area contributed by atoms with Gasteiger partial charge in [0.1, 0.15) is 0 Å². The van der Waals surface area contributed by atoms with E-state index in [1.165, 1.54) is 7.11 Å². The first kappa shape index (κ1) is 13.7. The summed E-state index contributed by atoms with van der Waals surface area (Å²) in [5.41, 5.74) is 0.595. The summed E-state index contributed by atoms with van der Waals surface area (Å²) in [7, 11) is 1.36. The van der Waals surface area contributed by atoms with Gasteiger partial charge in [-0.05, 0) is 12.1 Å². The molecule has 0 bridgehead atoms. The van der Waals surface area contributed by atoms with Crippen LogP contribution < -0.4 is 0 Å². The Morgan fingerprint density at radius 3 is 2.26 bits per heavy atom. The van der Waals surface area contributed by atoms with Gasteiger partial charge in [-0.3, -0.25) is 4.79 Å². The van der Waals surface area contributed by atoms with Gasteiger partial charge in [-0.2, -0.15) is 0 Å². The highest BCUT2D eigenvalue weighted by atomic mass is 32.1. The van der Waals surface area contributed by atoms with Gasteiger partial charge in [0, 0.05) is 31.1 Å². The van der Waals surface area contributed by atoms with Crippen molar-refractivity contribution in [3.05, 3.63) is 29.8 Å². The van der Waals surface area contributed by atoms with Crippen LogP contribution in [0.2, 0.25) is 0 Å². The Morgan fingerprint density at radius 1 is 1.11 bits per heavy atom. The predicted octanol–water partition coefficient (Wildman–Crippen LogP) is 1.50. The van der Waals surface area contributed by atoms with Gasteiger partial charge < -0.3 is 14.5 Å². The summed E-state index contributed by atoms with van der Waals surface area (Å²) in [4.78, 5) is 27.7. The summed E-state index contributed by atoms with van der Waals surface area (Å²) in [6, 6.07) is 7.21. The fraction of sp³-hybridized carbons (Fsp3) is 0.385. The Labute approximate surface area is 117 Å². The minimum absolute atomic E-state index is 0.0462. The highest BCUT2D eigenvalue weighted by Gasteiger charge is 2.25. The average molecular weight is 280 g/mol. The quantitative estimate of drug-likeness (QED) is 0.793. The number of thiol groups is 1. The lowest BCUT2D eigenvalue weighted by Crippen LogP contribution is -2.50. The van der Waals surface area contributed by atoms with Crippen LogP contribution in [0.15, 0.2) is 29.2 Å². The maximum Gasteiger partial charge on any atom is 0.409 e. The fourth-order valence-corrected chi connectivity index (χ4v) is 2.30. The van der Waals surface area contributed by atoms with Gasteiger partial charge in [-0.1, -0.05) is 12.1 Å². The van der Waals surface area contributed by atoms with Gasteiger partial charge in [0.25, 0.3) is 5.91 Å². The Hall–Kier alpha value is -1.69. The van der Waals surface area contributed by atoms with Crippen LogP contribution in [0.3, 0.4) is 0 Å². The number of hydrogen-bond acceptors (Lipinski definition) is 4. The molecule has 0 radical (unpaired) electrons. The summed E-state index contributed by atoms with van der Waals surface area (Å²) in [6.07, 6.45) is -0.346. The molecule has 1 aromatic carbocycles. The van der Waals surface area contributed by atoms with E-state index in [-0.39, 0.29) is 12.0 Å². The zero-order chi connectivity index (χ0) is 13.8. The molecular weight excluding hydrogens is 264 g/mol. The first-order chi connectivity index (χ1) is 9.13. The SMILES string of the molecule is COC(=O)N1CCN(C(=O)c2ccccc2S)CC1. The van der Waals surface area contributed by atoms with Crippen molar-refractivity contribution in [2.45, 2.75) is 4.90 Å². The first-order valence-electron chi connectivity index (χ1n) is 6.03. The third-order valence-corrected chi connectivity index (χ3v) is 3.52. The van der Waals surface area contributed by atoms with Crippen molar-refractivity contribution < 1.29 is 14.3 Å². The van der Waals surface area contributed by atoms with Gasteiger partial charge in [0.05, 0.1) is 12.7 Å². The summed E-state index contributed by atoms with van der Waals surface area (Å²) >= 11 is 4.29. The van der Waals surface area contributed by atoms with Gasteiger partial charge in [-0.25, -0.2) is 4.79 Å². The van der Waals surface area contributed by atoms with E-state index in [1.807, 2.05) is 12.1 Å². The minimum Gasteiger partial charge on any atom is -0.453 e. The second-order valence-corrected chi connectivity index (χ2v) is 4.75. The van der Waals surface area contributed by atoms with Crippen LogP contribution in [0, 0.1) is 0 Å². The summed E-state index contributed by atoms with van der Waals surface area (Å²) < 4.78 is 4.66. The number of carbonyl (C=O) groups is 2. The van der Waals surface area contributed by atoms with Gasteiger partial charge in [0.2, 0.25) is 0 Å². The standard InChI is InChI=1S/C13H16N2O3S/c1-18-13(17)15-8-6-14(7-9-15)12(16)10-4-2-3-5-11(10)19/h2-5,19H,6-9H2,1H3. The van der Waals surface area contributed by atoms with Crippen molar-refractivity contribution in [1.29, 1.82) is 0 Å². The largest absolute Gasteiger partial charge is 0.453 e. The molecule has 1 heterocycles. The van der Waals surface area contributed by atoms with Crippen molar-refractivity contribution in [2.75, 3.05) is 33.3 Å². The number of piperazine rings is 1. The molecule has 1 aliphatic rings. The highest BCUT2D eigenvalue weighted by Crippen LogP contribution is 2.16. The molecule has 0 atom stereocenters. The number of benzene rings is 1. The van der Waals surface area contributed by atoms with E-state index in [0.29, 0.717) is 36.6 Å².